The molecule has 10 heteroatoms. The van der Waals surface area contributed by atoms with Crippen LogP contribution in [0.1, 0.15) is 29.2 Å². The number of carbonyl (C=O) groups excluding carboxylic acids is 1. The van der Waals surface area contributed by atoms with Gasteiger partial charge < -0.3 is 10.0 Å². The Balaban J connectivity index is 1.72. The van der Waals surface area contributed by atoms with E-state index in [-0.39, 0.29) is 32.0 Å². The number of carbonyl (C=O) groups is 1. The highest BCUT2D eigenvalue weighted by molar-refractivity contribution is 7.16. The average molecular weight is 360 g/mol. The number of aryl methyl sites for hydroxylation is 1. The van der Waals surface area contributed by atoms with Gasteiger partial charge in [0.2, 0.25) is 10.9 Å². The normalized spacial score (nSPS) is 15.6. The molecule has 0 unspecified atom stereocenters. The van der Waals surface area contributed by atoms with E-state index < -0.39 is 12.6 Å². The van der Waals surface area contributed by atoms with Gasteiger partial charge in [-0.15, -0.1) is 0 Å². The molecule has 1 amide bonds. The van der Waals surface area contributed by atoms with Crippen molar-refractivity contribution in [2.75, 3.05) is 6.54 Å². The molecule has 2 aromatic heterocycles. The number of imidazole rings is 1. The first kappa shape index (κ1) is 16.9. The predicted molar refractivity (Wildman–Crippen MR) is 80.3 cm³/mol. The van der Waals surface area contributed by atoms with Gasteiger partial charge in [0.25, 0.3) is 0 Å². The maximum absolute atomic E-state index is 12.3. The van der Waals surface area contributed by atoms with Gasteiger partial charge in [-0.3, -0.25) is 4.79 Å². The van der Waals surface area contributed by atoms with Crippen LogP contribution in [0.3, 0.4) is 0 Å². The first-order chi connectivity index (χ1) is 11.3. The number of rotatable bonds is 5. The third kappa shape index (κ3) is 3.44. The molecular weight excluding hydrogens is 345 g/mol. The molecule has 0 aromatic carbocycles. The molecule has 0 radical (unpaired) electrons. The highest BCUT2D eigenvalue weighted by Crippen LogP contribution is 2.27. The van der Waals surface area contributed by atoms with Crippen LogP contribution in [0.5, 0.6) is 0 Å². The summed E-state index contributed by atoms with van der Waals surface area (Å²) in [5.74, 6) is -0.306. The van der Waals surface area contributed by atoms with Gasteiger partial charge in [-0.2, -0.15) is 18.3 Å². The molecule has 1 N–H and O–H groups in total. The highest BCUT2D eigenvalue weighted by atomic mass is 32.1. The lowest BCUT2D eigenvalue weighted by Crippen LogP contribution is -2.26. The lowest BCUT2D eigenvalue weighted by Gasteiger charge is -2.16. The second-order valence-electron chi connectivity index (χ2n) is 5.60. The minimum Gasteiger partial charge on any atom is -0.389 e. The van der Waals surface area contributed by atoms with Crippen LogP contribution in [0.4, 0.5) is 13.2 Å². The third-order valence-corrected chi connectivity index (χ3v) is 4.67. The quantitative estimate of drug-likeness (QED) is 0.887. The maximum Gasteiger partial charge on any atom is 0.389 e. The number of aliphatic hydroxyl groups excluding tert-OH is 1. The zero-order valence-electron chi connectivity index (χ0n) is 12.8. The van der Waals surface area contributed by atoms with Gasteiger partial charge in [0, 0.05) is 19.0 Å². The Kier molecular flexibility index (Phi) is 4.35. The summed E-state index contributed by atoms with van der Waals surface area (Å²) in [5, 5.41) is 13.9. The van der Waals surface area contributed by atoms with Gasteiger partial charge in [-0.25, -0.2) is 9.50 Å². The number of alkyl halides is 3. The Morgan fingerprint density at radius 3 is 2.83 bits per heavy atom. The molecule has 6 nitrogen and oxygen atoms in total. The number of halogens is 3. The fourth-order valence-electron chi connectivity index (χ4n) is 2.58. The Morgan fingerprint density at radius 1 is 1.42 bits per heavy atom. The molecule has 3 heterocycles. The standard InChI is InChI=1S/C14H15F3N4O2S/c1-8-10(21-13(18-8)24-11(7-22)19-21)6-20-5-9(4-12(20)23)2-3-14(15,16)17/h4,22H,2-3,5-7H2,1H3. The average Bonchev–Trinajstić information content (AvgIpc) is 3.12. The summed E-state index contributed by atoms with van der Waals surface area (Å²) >= 11 is 1.25. The zero-order valence-corrected chi connectivity index (χ0v) is 13.6. The van der Waals surface area contributed by atoms with Crippen molar-refractivity contribution >= 4 is 22.2 Å². The molecule has 2 aromatic rings. The Bertz CT molecular complexity index is 809. The van der Waals surface area contributed by atoms with Crippen LogP contribution in [-0.4, -0.2) is 43.2 Å². The smallest absolute Gasteiger partial charge is 0.389 e. The summed E-state index contributed by atoms with van der Waals surface area (Å²) in [6.07, 6.45) is -4.05. The molecule has 0 bridgehead atoms. The van der Waals surface area contributed by atoms with Gasteiger partial charge in [0.15, 0.2) is 0 Å². The molecule has 0 saturated carbocycles. The number of aliphatic hydroxyl groups is 1. The van der Waals surface area contributed by atoms with Crippen LogP contribution < -0.4 is 0 Å². The van der Waals surface area contributed by atoms with Crippen molar-refractivity contribution in [3.05, 3.63) is 28.0 Å². The second-order valence-corrected chi connectivity index (χ2v) is 6.64. The van der Waals surface area contributed by atoms with Gasteiger partial charge >= 0.3 is 6.18 Å². The van der Waals surface area contributed by atoms with Crippen molar-refractivity contribution in [1.29, 1.82) is 0 Å². The summed E-state index contributed by atoms with van der Waals surface area (Å²) in [4.78, 5) is 18.5. The van der Waals surface area contributed by atoms with E-state index >= 15 is 0 Å². The lowest BCUT2D eigenvalue weighted by atomic mass is 10.1. The Morgan fingerprint density at radius 2 is 2.17 bits per heavy atom. The van der Waals surface area contributed by atoms with Crippen molar-refractivity contribution < 1.29 is 23.1 Å². The van der Waals surface area contributed by atoms with Crippen molar-refractivity contribution in [1.82, 2.24) is 19.5 Å². The third-order valence-electron chi connectivity index (χ3n) is 3.78. The number of nitrogens with zero attached hydrogens (tertiary/aromatic N) is 4. The van der Waals surface area contributed by atoms with Crippen molar-refractivity contribution in [3.63, 3.8) is 0 Å². The minimum absolute atomic E-state index is 0.169. The first-order valence-corrected chi connectivity index (χ1v) is 8.08. The zero-order chi connectivity index (χ0) is 17.5. The van der Waals surface area contributed by atoms with Gasteiger partial charge in [-0.1, -0.05) is 11.3 Å². The Labute approximate surface area is 139 Å². The Hall–Kier alpha value is -1.94. The fraction of sp³-hybridized carbons (Fsp3) is 0.500. The summed E-state index contributed by atoms with van der Waals surface area (Å²) in [5.41, 5.74) is 1.87. The molecule has 0 aliphatic carbocycles. The van der Waals surface area contributed by atoms with E-state index in [0.717, 1.165) is 0 Å². The molecule has 130 valence electrons. The van der Waals surface area contributed by atoms with Gasteiger partial charge in [0.1, 0.15) is 5.01 Å². The van der Waals surface area contributed by atoms with E-state index in [1.807, 2.05) is 0 Å². The molecule has 0 fully saturated rings. The van der Waals surface area contributed by atoms with Gasteiger partial charge in [0.05, 0.1) is 24.5 Å². The topological polar surface area (TPSA) is 70.7 Å². The number of hydrogen-bond donors (Lipinski definition) is 1. The number of amides is 1. The van der Waals surface area contributed by atoms with E-state index in [9.17, 15) is 18.0 Å². The largest absolute Gasteiger partial charge is 0.389 e. The van der Waals surface area contributed by atoms with Crippen molar-refractivity contribution in [2.24, 2.45) is 0 Å². The van der Waals surface area contributed by atoms with Crippen molar-refractivity contribution in [3.8, 4) is 0 Å². The van der Waals surface area contributed by atoms with Gasteiger partial charge in [-0.05, 0) is 18.9 Å². The van der Waals surface area contributed by atoms with Crippen molar-refractivity contribution in [2.45, 2.75) is 39.1 Å². The monoisotopic (exact) mass is 360 g/mol. The molecule has 3 rings (SSSR count). The van der Waals surface area contributed by atoms with Crippen LogP contribution in [0, 0.1) is 6.92 Å². The maximum atomic E-state index is 12.3. The van der Waals surface area contributed by atoms with E-state index in [1.165, 1.54) is 22.3 Å². The fourth-order valence-corrected chi connectivity index (χ4v) is 3.40. The number of hydrogen-bond acceptors (Lipinski definition) is 5. The second kappa shape index (κ2) is 6.17. The van der Waals surface area contributed by atoms with E-state index in [1.54, 1.807) is 11.4 Å². The molecule has 24 heavy (non-hydrogen) atoms. The predicted octanol–water partition coefficient (Wildman–Crippen LogP) is 2.20. The van der Waals surface area contributed by atoms with Crippen LogP contribution in [-0.2, 0) is 17.9 Å². The summed E-state index contributed by atoms with van der Waals surface area (Å²) in [6.45, 7) is 1.98. The van der Waals surface area contributed by atoms with Crippen LogP contribution in [0.15, 0.2) is 11.6 Å². The van der Waals surface area contributed by atoms with Crippen LogP contribution in [0.2, 0.25) is 0 Å². The molecule has 1 aliphatic rings. The molecule has 0 atom stereocenters. The number of fused-ring (bicyclic) bond motifs is 1. The minimum atomic E-state index is -4.23. The van der Waals surface area contributed by atoms with E-state index in [2.05, 4.69) is 10.1 Å². The van der Waals surface area contributed by atoms with Crippen LogP contribution in [0.25, 0.3) is 4.96 Å². The molecular formula is C14H15F3N4O2S. The first-order valence-electron chi connectivity index (χ1n) is 7.26. The highest BCUT2D eigenvalue weighted by Gasteiger charge is 2.30. The van der Waals surface area contributed by atoms with E-state index in [4.69, 9.17) is 5.11 Å². The molecule has 0 spiro atoms. The summed E-state index contributed by atoms with van der Waals surface area (Å²) < 4.78 is 38.5. The number of aromatic nitrogens is 3. The summed E-state index contributed by atoms with van der Waals surface area (Å²) in [7, 11) is 0. The van der Waals surface area contributed by atoms with Crippen LogP contribution >= 0.6 is 11.3 Å². The summed E-state index contributed by atoms with van der Waals surface area (Å²) in [6, 6.07) is 0. The lowest BCUT2D eigenvalue weighted by molar-refractivity contribution is -0.134. The molecule has 1 aliphatic heterocycles. The van der Waals surface area contributed by atoms with E-state index in [0.29, 0.717) is 26.9 Å². The SMILES string of the molecule is Cc1nc2sc(CO)nn2c1CN1CC(CCC(F)(F)F)=CC1=O. The molecule has 0 saturated heterocycles.